The number of hydrogen-bond donors (Lipinski definition) is 0. The van der Waals surface area contributed by atoms with Gasteiger partial charge in [-0.1, -0.05) is 6.42 Å². The highest BCUT2D eigenvalue weighted by Crippen LogP contribution is 2.32. The van der Waals surface area contributed by atoms with Gasteiger partial charge >= 0.3 is 0 Å². The van der Waals surface area contributed by atoms with Gasteiger partial charge in [0.1, 0.15) is 5.75 Å². The molecule has 0 amide bonds. The molecule has 1 fully saturated rings. The fourth-order valence-electron chi connectivity index (χ4n) is 2.27. The third-order valence-electron chi connectivity index (χ3n) is 3.21. The lowest BCUT2D eigenvalue weighted by Gasteiger charge is -2.23. The van der Waals surface area contributed by atoms with Gasteiger partial charge in [-0.3, -0.25) is 0 Å². The molecule has 1 aliphatic carbocycles. The van der Waals surface area contributed by atoms with E-state index in [1.807, 2.05) is 18.2 Å². The van der Waals surface area contributed by atoms with Crippen molar-refractivity contribution in [2.75, 3.05) is 14.2 Å². The van der Waals surface area contributed by atoms with Crippen LogP contribution >= 0.6 is 12.4 Å². The number of methoxy groups -OCH3 is 2. The Hall–Kier alpha value is -1.09. The van der Waals surface area contributed by atoms with Crippen LogP contribution in [0, 0.1) is 0 Å². The molecule has 0 aliphatic heterocycles. The molecule has 1 aromatic rings. The zero-order valence-electron chi connectivity index (χ0n) is 11.0. The van der Waals surface area contributed by atoms with Gasteiger partial charge in [0.05, 0.1) is 20.3 Å². The van der Waals surface area contributed by atoms with E-state index in [0.29, 0.717) is 6.10 Å². The van der Waals surface area contributed by atoms with Gasteiger partial charge in [-0.25, -0.2) is 0 Å². The Bertz CT molecular complexity index is 362. The summed E-state index contributed by atoms with van der Waals surface area (Å²) >= 11 is 0. The fourth-order valence-corrected chi connectivity index (χ4v) is 2.27. The summed E-state index contributed by atoms with van der Waals surface area (Å²) in [6.07, 6.45) is 6.58. The Morgan fingerprint density at radius 2 is 1.61 bits per heavy atom. The highest BCUT2D eigenvalue weighted by molar-refractivity contribution is 5.85. The first-order chi connectivity index (χ1) is 8.33. The van der Waals surface area contributed by atoms with Crippen LogP contribution in [0.1, 0.15) is 32.1 Å². The van der Waals surface area contributed by atoms with Crippen LogP contribution in [0.2, 0.25) is 0 Å². The summed E-state index contributed by atoms with van der Waals surface area (Å²) in [6, 6.07) is 5.72. The van der Waals surface area contributed by atoms with Gasteiger partial charge in [0.2, 0.25) is 0 Å². The maximum Gasteiger partial charge on any atom is 0.164 e. The first-order valence-corrected chi connectivity index (χ1v) is 6.22. The van der Waals surface area contributed by atoms with Crippen molar-refractivity contribution in [2.24, 2.45) is 0 Å². The molecular formula is C14H21ClO3. The van der Waals surface area contributed by atoms with E-state index in [1.54, 1.807) is 14.2 Å². The molecule has 2 rings (SSSR count). The molecule has 0 N–H and O–H groups in total. The molecule has 4 heteroatoms. The summed E-state index contributed by atoms with van der Waals surface area (Å²) in [7, 11) is 3.28. The molecule has 1 aliphatic rings. The van der Waals surface area contributed by atoms with Crippen molar-refractivity contribution in [2.45, 2.75) is 38.2 Å². The van der Waals surface area contributed by atoms with Crippen LogP contribution in [0.3, 0.4) is 0 Å². The van der Waals surface area contributed by atoms with Crippen LogP contribution in [0.5, 0.6) is 17.2 Å². The third-order valence-corrected chi connectivity index (χ3v) is 3.21. The van der Waals surface area contributed by atoms with Gasteiger partial charge in [-0.05, 0) is 37.8 Å². The molecule has 1 saturated carbocycles. The SMILES string of the molecule is COc1ccc(OC2CCCCC2)cc1OC.Cl. The lowest BCUT2D eigenvalue weighted by Crippen LogP contribution is -2.19. The van der Waals surface area contributed by atoms with Crippen molar-refractivity contribution in [3.8, 4) is 17.2 Å². The Labute approximate surface area is 115 Å². The monoisotopic (exact) mass is 272 g/mol. The number of rotatable bonds is 4. The molecule has 3 nitrogen and oxygen atoms in total. The highest BCUT2D eigenvalue weighted by atomic mass is 35.5. The summed E-state index contributed by atoms with van der Waals surface area (Å²) in [4.78, 5) is 0. The minimum atomic E-state index is 0. The summed E-state index contributed by atoms with van der Waals surface area (Å²) in [5.41, 5.74) is 0. The maximum atomic E-state index is 5.96. The number of benzene rings is 1. The molecule has 0 radical (unpaired) electrons. The van der Waals surface area contributed by atoms with E-state index in [0.717, 1.165) is 30.1 Å². The largest absolute Gasteiger partial charge is 0.493 e. The predicted molar refractivity (Wildman–Crippen MR) is 74.3 cm³/mol. The Morgan fingerprint density at radius 3 is 2.22 bits per heavy atom. The van der Waals surface area contributed by atoms with Gasteiger partial charge in [0.15, 0.2) is 11.5 Å². The molecule has 0 saturated heterocycles. The number of hydrogen-bond acceptors (Lipinski definition) is 3. The van der Waals surface area contributed by atoms with Crippen LogP contribution in [-0.2, 0) is 0 Å². The molecule has 0 spiro atoms. The zero-order valence-corrected chi connectivity index (χ0v) is 11.8. The Kier molecular flexibility index (Phi) is 6.13. The van der Waals surface area contributed by atoms with Gasteiger partial charge in [-0.2, -0.15) is 0 Å². The maximum absolute atomic E-state index is 5.96. The number of halogens is 1. The topological polar surface area (TPSA) is 27.7 Å². The van der Waals surface area contributed by atoms with E-state index in [2.05, 4.69) is 0 Å². The van der Waals surface area contributed by atoms with E-state index < -0.39 is 0 Å². The van der Waals surface area contributed by atoms with Crippen LogP contribution in [-0.4, -0.2) is 20.3 Å². The van der Waals surface area contributed by atoms with Crippen LogP contribution in [0.25, 0.3) is 0 Å². The van der Waals surface area contributed by atoms with Crippen molar-refractivity contribution < 1.29 is 14.2 Å². The Morgan fingerprint density at radius 1 is 0.944 bits per heavy atom. The molecule has 1 aromatic carbocycles. The van der Waals surface area contributed by atoms with Gasteiger partial charge in [0, 0.05) is 6.07 Å². The zero-order chi connectivity index (χ0) is 12.1. The summed E-state index contributed by atoms with van der Waals surface area (Å²) in [6.45, 7) is 0. The second kappa shape index (κ2) is 7.37. The molecule has 0 atom stereocenters. The van der Waals surface area contributed by atoms with Crippen LogP contribution in [0.4, 0.5) is 0 Å². The summed E-state index contributed by atoms with van der Waals surface area (Å²) in [5.74, 6) is 2.33. The second-order valence-electron chi connectivity index (χ2n) is 4.39. The average molecular weight is 273 g/mol. The highest BCUT2D eigenvalue weighted by Gasteiger charge is 2.15. The summed E-state index contributed by atoms with van der Waals surface area (Å²) in [5, 5.41) is 0. The molecule has 18 heavy (non-hydrogen) atoms. The van der Waals surface area contributed by atoms with Crippen LogP contribution in [0.15, 0.2) is 18.2 Å². The van der Waals surface area contributed by atoms with Gasteiger partial charge < -0.3 is 14.2 Å². The second-order valence-corrected chi connectivity index (χ2v) is 4.39. The predicted octanol–water partition coefficient (Wildman–Crippen LogP) is 3.84. The van der Waals surface area contributed by atoms with Crippen molar-refractivity contribution in [3.63, 3.8) is 0 Å². The molecule has 0 aromatic heterocycles. The smallest absolute Gasteiger partial charge is 0.164 e. The minimum absolute atomic E-state index is 0. The van der Waals surface area contributed by atoms with E-state index in [4.69, 9.17) is 14.2 Å². The first-order valence-electron chi connectivity index (χ1n) is 6.22. The molecule has 0 bridgehead atoms. The lowest BCUT2D eigenvalue weighted by atomic mass is 9.98. The fraction of sp³-hybridized carbons (Fsp3) is 0.571. The van der Waals surface area contributed by atoms with Crippen molar-refractivity contribution in [3.05, 3.63) is 18.2 Å². The lowest BCUT2D eigenvalue weighted by molar-refractivity contribution is 0.154. The van der Waals surface area contributed by atoms with Gasteiger partial charge in [0.25, 0.3) is 0 Å². The average Bonchev–Trinajstić information content (AvgIpc) is 2.40. The van der Waals surface area contributed by atoms with E-state index in [-0.39, 0.29) is 12.4 Å². The quantitative estimate of drug-likeness (QED) is 0.834. The first kappa shape index (κ1) is 15.0. The standard InChI is InChI=1S/C14H20O3.ClH/c1-15-13-9-8-12(10-14(13)16-2)17-11-6-4-3-5-7-11;/h8-11H,3-7H2,1-2H3;1H. The number of ether oxygens (including phenoxy) is 3. The van der Waals surface area contributed by atoms with Crippen molar-refractivity contribution in [1.29, 1.82) is 0 Å². The van der Waals surface area contributed by atoms with E-state index >= 15 is 0 Å². The van der Waals surface area contributed by atoms with E-state index in [1.165, 1.54) is 19.3 Å². The van der Waals surface area contributed by atoms with Crippen molar-refractivity contribution in [1.82, 2.24) is 0 Å². The Balaban J connectivity index is 0.00000162. The molecule has 102 valence electrons. The molecular weight excluding hydrogens is 252 g/mol. The van der Waals surface area contributed by atoms with Crippen LogP contribution < -0.4 is 14.2 Å². The minimum Gasteiger partial charge on any atom is -0.493 e. The third kappa shape index (κ3) is 3.70. The van der Waals surface area contributed by atoms with Gasteiger partial charge in [-0.15, -0.1) is 12.4 Å². The normalized spacial score (nSPS) is 15.7. The molecule has 0 heterocycles. The van der Waals surface area contributed by atoms with E-state index in [9.17, 15) is 0 Å². The van der Waals surface area contributed by atoms with Crippen molar-refractivity contribution >= 4 is 12.4 Å². The molecule has 0 unspecified atom stereocenters. The summed E-state index contributed by atoms with van der Waals surface area (Å²) < 4.78 is 16.4.